The van der Waals surface area contributed by atoms with Crippen molar-refractivity contribution in [2.45, 2.75) is 19.4 Å². The average Bonchev–Trinajstić information content (AvgIpc) is 2.83. The molecule has 0 saturated carbocycles. The third-order valence-corrected chi connectivity index (χ3v) is 5.66. The van der Waals surface area contributed by atoms with Gasteiger partial charge in [-0.3, -0.25) is 9.69 Å². The number of carbonyl (C=O) groups excluding carboxylic acids is 1. The van der Waals surface area contributed by atoms with Crippen LogP contribution in [0.25, 0.3) is 0 Å². The van der Waals surface area contributed by atoms with E-state index in [9.17, 15) is 4.79 Å². The first-order valence-corrected chi connectivity index (χ1v) is 8.80. The highest BCUT2D eigenvalue weighted by atomic mass is 127. The Morgan fingerprint density at radius 2 is 2.05 bits per heavy atom. The average molecular weight is 407 g/mol. The van der Waals surface area contributed by atoms with Crippen molar-refractivity contribution in [2.24, 2.45) is 0 Å². The summed E-state index contributed by atoms with van der Waals surface area (Å²) >= 11 is 3.85. The number of thiophene rings is 1. The zero-order valence-electron chi connectivity index (χ0n) is 12.3. The van der Waals surface area contributed by atoms with E-state index < -0.39 is 0 Å². The first kappa shape index (κ1) is 16.2. The predicted molar refractivity (Wildman–Crippen MR) is 92.5 cm³/mol. The van der Waals surface area contributed by atoms with Gasteiger partial charge in [-0.05, 0) is 49.6 Å². The van der Waals surface area contributed by atoms with Gasteiger partial charge < -0.3 is 10.2 Å². The van der Waals surface area contributed by atoms with E-state index in [4.69, 9.17) is 0 Å². The van der Waals surface area contributed by atoms with E-state index in [1.807, 2.05) is 11.4 Å². The van der Waals surface area contributed by atoms with Gasteiger partial charge in [0.05, 0.1) is 8.45 Å². The maximum Gasteiger partial charge on any atom is 0.252 e. The number of nitrogens with zero attached hydrogens (tertiary/aromatic N) is 2. The molecule has 0 radical (unpaired) electrons. The number of rotatable bonds is 4. The largest absolute Gasteiger partial charge is 0.350 e. The van der Waals surface area contributed by atoms with Crippen molar-refractivity contribution in [2.75, 3.05) is 39.8 Å². The molecule has 1 aromatic rings. The van der Waals surface area contributed by atoms with Crippen LogP contribution in [-0.2, 0) is 0 Å². The van der Waals surface area contributed by atoms with Gasteiger partial charge in [0.2, 0.25) is 0 Å². The molecule has 1 aromatic heterocycles. The second-order valence-electron chi connectivity index (χ2n) is 5.92. The smallest absolute Gasteiger partial charge is 0.252 e. The Bertz CT molecular complexity index is 467. The third-order valence-electron chi connectivity index (χ3n) is 3.87. The van der Waals surface area contributed by atoms with Crippen LogP contribution in [-0.4, -0.2) is 61.0 Å². The van der Waals surface area contributed by atoms with Crippen molar-refractivity contribution in [3.05, 3.63) is 19.9 Å². The van der Waals surface area contributed by atoms with Crippen LogP contribution in [0.3, 0.4) is 0 Å². The minimum absolute atomic E-state index is 0.0000953. The molecule has 0 spiro atoms. The van der Waals surface area contributed by atoms with Crippen LogP contribution in [0.2, 0.25) is 0 Å². The molecule has 0 bridgehead atoms. The van der Waals surface area contributed by atoms with E-state index in [1.54, 1.807) is 11.3 Å². The Hall–Kier alpha value is -0.180. The number of halogens is 1. The van der Waals surface area contributed by atoms with Gasteiger partial charge in [0.25, 0.3) is 5.91 Å². The Morgan fingerprint density at radius 1 is 1.40 bits per heavy atom. The van der Waals surface area contributed by atoms with Gasteiger partial charge >= 0.3 is 0 Å². The number of hydrogen-bond donors (Lipinski definition) is 1. The van der Waals surface area contributed by atoms with E-state index in [1.165, 1.54) is 0 Å². The van der Waals surface area contributed by atoms with E-state index in [2.05, 4.69) is 58.6 Å². The van der Waals surface area contributed by atoms with Gasteiger partial charge in [0, 0.05) is 43.6 Å². The van der Waals surface area contributed by atoms with E-state index >= 15 is 0 Å². The van der Waals surface area contributed by atoms with Gasteiger partial charge in [0.15, 0.2) is 0 Å². The standard InChI is InChI=1S/C14H22IN3OS/c1-14(2,18-6-4-17(3)5-7-18)10-16-13(19)11-8-12(15)20-9-11/h8-9H,4-7,10H2,1-3H3,(H,16,19). The molecule has 2 heterocycles. The van der Waals surface area contributed by atoms with Gasteiger partial charge in [-0.25, -0.2) is 0 Å². The minimum Gasteiger partial charge on any atom is -0.350 e. The van der Waals surface area contributed by atoms with Gasteiger partial charge in [-0.2, -0.15) is 0 Å². The summed E-state index contributed by atoms with van der Waals surface area (Å²) < 4.78 is 1.14. The third kappa shape index (κ3) is 4.16. The fourth-order valence-corrected chi connectivity index (χ4v) is 3.68. The number of hydrogen-bond acceptors (Lipinski definition) is 4. The summed E-state index contributed by atoms with van der Waals surface area (Å²) in [6.07, 6.45) is 0. The summed E-state index contributed by atoms with van der Waals surface area (Å²) in [5.74, 6) is 0.0337. The highest BCUT2D eigenvalue weighted by Crippen LogP contribution is 2.18. The molecule has 0 aromatic carbocycles. The number of carbonyl (C=O) groups is 1. The summed E-state index contributed by atoms with van der Waals surface area (Å²) in [6, 6.07) is 1.93. The molecule has 0 aliphatic carbocycles. The molecule has 0 unspecified atom stereocenters. The fourth-order valence-electron chi connectivity index (χ4n) is 2.35. The van der Waals surface area contributed by atoms with Crippen molar-refractivity contribution in [3.63, 3.8) is 0 Å². The van der Waals surface area contributed by atoms with Crippen LogP contribution in [0, 0.1) is 2.88 Å². The van der Waals surface area contributed by atoms with E-state index in [0.29, 0.717) is 6.54 Å². The topological polar surface area (TPSA) is 35.6 Å². The Labute approximate surface area is 138 Å². The summed E-state index contributed by atoms with van der Waals surface area (Å²) in [6.45, 7) is 9.42. The molecule has 4 nitrogen and oxygen atoms in total. The lowest BCUT2D eigenvalue weighted by Crippen LogP contribution is -2.57. The molecule has 0 atom stereocenters. The molecule has 1 aliphatic rings. The zero-order chi connectivity index (χ0) is 14.8. The lowest BCUT2D eigenvalue weighted by atomic mass is 10.0. The van der Waals surface area contributed by atoms with Crippen molar-refractivity contribution >= 4 is 39.8 Å². The van der Waals surface area contributed by atoms with Crippen LogP contribution in [0.5, 0.6) is 0 Å². The molecule has 112 valence electrons. The number of amides is 1. The van der Waals surface area contributed by atoms with Crippen LogP contribution >= 0.6 is 33.9 Å². The quantitative estimate of drug-likeness (QED) is 0.777. The molecule has 1 N–H and O–H groups in total. The Balaban J connectivity index is 1.87. The van der Waals surface area contributed by atoms with E-state index in [0.717, 1.165) is 34.6 Å². The first-order chi connectivity index (χ1) is 9.38. The summed E-state index contributed by atoms with van der Waals surface area (Å²) in [5, 5.41) is 4.99. The van der Waals surface area contributed by atoms with Crippen LogP contribution < -0.4 is 5.32 Å². The minimum atomic E-state index is 0.0000953. The van der Waals surface area contributed by atoms with Crippen LogP contribution in [0.4, 0.5) is 0 Å². The van der Waals surface area contributed by atoms with Gasteiger partial charge in [-0.15, -0.1) is 11.3 Å². The summed E-state index contributed by atoms with van der Waals surface area (Å²) in [4.78, 5) is 16.9. The molecular weight excluding hydrogens is 385 g/mol. The lowest BCUT2D eigenvalue weighted by molar-refractivity contribution is 0.0588. The summed E-state index contributed by atoms with van der Waals surface area (Å²) in [7, 11) is 2.16. The SMILES string of the molecule is CN1CCN(C(C)(C)CNC(=O)c2csc(I)c2)CC1. The molecular formula is C14H22IN3OS. The number of piperazine rings is 1. The van der Waals surface area contributed by atoms with Crippen molar-refractivity contribution in [1.82, 2.24) is 15.1 Å². The van der Waals surface area contributed by atoms with Crippen LogP contribution in [0.15, 0.2) is 11.4 Å². The summed E-state index contributed by atoms with van der Waals surface area (Å²) in [5.41, 5.74) is 0.772. The molecule has 6 heteroatoms. The van der Waals surface area contributed by atoms with Crippen molar-refractivity contribution in [1.29, 1.82) is 0 Å². The maximum atomic E-state index is 12.1. The molecule has 20 heavy (non-hydrogen) atoms. The molecule has 1 amide bonds. The highest BCUT2D eigenvalue weighted by Gasteiger charge is 2.29. The monoisotopic (exact) mass is 407 g/mol. The normalized spacial score (nSPS) is 18.2. The Kier molecular flexibility index (Phi) is 5.44. The van der Waals surface area contributed by atoms with Gasteiger partial charge in [0.1, 0.15) is 0 Å². The molecule has 2 rings (SSSR count). The number of likely N-dealkylation sites (N-methyl/N-ethyl adjacent to an activating group) is 1. The maximum absolute atomic E-state index is 12.1. The molecule has 1 aliphatic heterocycles. The van der Waals surface area contributed by atoms with Crippen molar-refractivity contribution in [3.8, 4) is 0 Å². The second kappa shape index (κ2) is 6.72. The highest BCUT2D eigenvalue weighted by molar-refractivity contribution is 14.1. The van der Waals surface area contributed by atoms with Gasteiger partial charge in [-0.1, -0.05) is 0 Å². The lowest BCUT2D eigenvalue weighted by Gasteiger charge is -2.43. The van der Waals surface area contributed by atoms with E-state index in [-0.39, 0.29) is 11.4 Å². The number of nitrogens with one attached hydrogen (secondary N) is 1. The predicted octanol–water partition coefficient (Wildman–Crippen LogP) is 2.11. The second-order valence-corrected chi connectivity index (χ2v) is 8.73. The zero-order valence-corrected chi connectivity index (χ0v) is 15.3. The molecule has 1 fully saturated rings. The fraction of sp³-hybridized carbons (Fsp3) is 0.643. The van der Waals surface area contributed by atoms with Crippen molar-refractivity contribution < 1.29 is 4.79 Å². The first-order valence-electron chi connectivity index (χ1n) is 6.84. The molecule has 1 saturated heterocycles. The van der Waals surface area contributed by atoms with Crippen LogP contribution in [0.1, 0.15) is 24.2 Å². The Morgan fingerprint density at radius 3 is 2.60 bits per heavy atom.